The fraction of sp³-hybridized carbons (Fsp3) is 0.185. The predicted molar refractivity (Wildman–Crippen MR) is 132 cm³/mol. The van der Waals surface area contributed by atoms with Crippen molar-refractivity contribution in [2.24, 2.45) is 0 Å². The molecule has 0 aliphatic carbocycles. The lowest BCUT2D eigenvalue weighted by Gasteiger charge is -2.23. The zero-order valence-corrected chi connectivity index (χ0v) is 19.8. The number of aromatic nitrogens is 3. The SMILES string of the molecule is COc1cc(C)c(/C(O)=C2\C(=O)C(=O)N(c3nc4ccc(C)cc4[nH]3)C2c2ccncc2)cc1C. The number of benzene rings is 2. The number of carbonyl (C=O) groups excluding carboxylic acids is 2. The Morgan fingerprint density at radius 1 is 1.03 bits per heavy atom. The number of Topliss-reactive ketones (excluding diaryl/α,β-unsaturated/α-hetero) is 1. The maximum absolute atomic E-state index is 13.4. The van der Waals surface area contributed by atoms with Gasteiger partial charge in [-0.3, -0.25) is 19.5 Å². The number of carbonyl (C=O) groups is 2. The van der Waals surface area contributed by atoms with Crippen molar-refractivity contribution in [3.05, 3.63) is 88.2 Å². The molecule has 1 fully saturated rings. The third-order valence-electron chi connectivity index (χ3n) is 6.32. The van der Waals surface area contributed by atoms with Gasteiger partial charge >= 0.3 is 5.91 Å². The summed E-state index contributed by atoms with van der Waals surface area (Å²) in [5, 5.41) is 11.4. The number of methoxy groups -OCH3 is 1. The van der Waals surface area contributed by atoms with Crippen LogP contribution in [0.4, 0.5) is 5.95 Å². The highest BCUT2D eigenvalue weighted by atomic mass is 16.5. The van der Waals surface area contributed by atoms with Crippen LogP contribution in [0.2, 0.25) is 0 Å². The number of anilines is 1. The van der Waals surface area contributed by atoms with Crippen LogP contribution in [0.3, 0.4) is 0 Å². The van der Waals surface area contributed by atoms with Crippen LogP contribution in [0.15, 0.2) is 60.4 Å². The maximum Gasteiger partial charge on any atom is 0.302 e. The first-order valence-electron chi connectivity index (χ1n) is 11.1. The van der Waals surface area contributed by atoms with Gasteiger partial charge in [-0.25, -0.2) is 4.98 Å². The smallest absolute Gasteiger partial charge is 0.302 e. The predicted octanol–water partition coefficient (Wildman–Crippen LogP) is 4.52. The number of aliphatic hydroxyl groups is 1. The molecular weight excluding hydrogens is 444 g/mol. The molecule has 1 amide bonds. The molecule has 8 nitrogen and oxygen atoms in total. The number of ether oxygens (including phenoxy) is 1. The second-order valence-corrected chi connectivity index (χ2v) is 8.67. The van der Waals surface area contributed by atoms with Gasteiger partial charge in [0.1, 0.15) is 11.5 Å². The zero-order chi connectivity index (χ0) is 24.9. The van der Waals surface area contributed by atoms with Gasteiger partial charge in [0.05, 0.1) is 29.8 Å². The maximum atomic E-state index is 13.4. The molecule has 1 saturated heterocycles. The van der Waals surface area contributed by atoms with Gasteiger partial charge in [0.15, 0.2) is 0 Å². The molecule has 8 heteroatoms. The second-order valence-electron chi connectivity index (χ2n) is 8.67. The number of pyridine rings is 1. The van der Waals surface area contributed by atoms with E-state index in [1.807, 2.05) is 39.0 Å². The van der Waals surface area contributed by atoms with Crippen molar-refractivity contribution in [2.45, 2.75) is 26.8 Å². The lowest BCUT2D eigenvalue weighted by atomic mass is 9.93. The van der Waals surface area contributed by atoms with Crippen LogP contribution in [-0.4, -0.2) is 38.9 Å². The molecule has 0 radical (unpaired) electrons. The number of nitrogens with zero attached hydrogens (tertiary/aromatic N) is 3. The molecule has 0 bridgehead atoms. The zero-order valence-electron chi connectivity index (χ0n) is 19.8. The van der Waals surface area contributed by atoms with Crippen LogP contribution in [0.5, 0.6) is 5.75 Å². The topological polar surface area (TPSA) is 108 Å². The van der Waals surface area contributed by atoms with Crippen LogP contribution in [0.1, 0.15) is 33.9 Å². The number of imidazole rings is 1. The number of amides is 1. The first-order valence-corrected chi connectivity index (χ1v) is 11.1. The molecular formula is C27H24N4O4. The summed E-state index contributed by atoms with van der Waals surface area (Å²) in [5.74, 6) is -0.900. The molecule has 2 N–H and O–H groups in total. The van der Waals surface area contributed by atoms with Gasteiger partial charge in [-0.05, 0) is 79.4 Å². The lowest BCUT2D eigenvalue weighted by Crippen LogP contribution is -2.30. The first kappa shape index (κ1) is 22.3. The molecule has 2 aromatic heterocycles. The van der Waals surface area contributed by atoms with E-state index in [9.17, 15) is 14.7 Å². The number of H-pyrrole nitrogens is 1. The molecule has 4 aromatic rings. The summed E-state index contributed by atoms with van der Waals surface area (Å²) in [6, 6.07) is 11.8. The molecule has 0 spiro atoms. The van der Waals surface area contributed by atoms with E-state index < -0.39 is 17.7 Å². The summed E-state index contributed by atoms with van der Waals surface area (Å²) in [7, 11) is 1.57. The normalized spacial score (nSPS) is 17.4. The van der Waals surface area contributed by atoms with Crippen molar-refractivity contribution in [3.8, 4) is 5.75 Å². The highest BCUT2D eigenvalue weighted by molar-refractivity contribution is 6.51. The molecule has 1 atom stereocenters. The third-order valence-corrected chi connectivity index (χ3v) is 6.32. The number of nitrogens with one attached hydrogen (secondary N) is 1. The van der Waals surface area contributed by atoms with Gasteiger partial charge in [0.2, 0.25) is 5.95 Å². The molecule has 35 heavy (non-hydrogen) atoms. The average Bonchev–Trinajstić information content (AvgIpc) is 3.38. The average molecular weight is 469 g/mol. The van der Waals surface area contributed by atoms with Crippen LogP contribution in [0.25, 0.3) is 16.8 Å². The summed E-state index contributed by atoms with van der Waals surface area (Å²) in [6.07, 6.45) is 3.17. The minimum atomic E-state index is -0.888. The van der Waals surface area contributed by atoms with Gasteiger partial charge < -0.3 is 14.8 Å². The van der Waals surface area contributed by atoms with Gasteiger partial charge in [-0.15, -0.1) is 0 Å². The summed E-state index contributed by atoms with van der Waals surface area (Å²) in [6.45, 7) is 5.63. The van der Waals surface area contributed by atoms with Crippen LogP contribution < -0.4 is 9.64 Å². The van der Waals surface area contributed by atoms with Crippen molar-refractivity contribution in [1.82, 2.24) is 15.0 Å². The Balaban J connectivity index is 1.74. The molecule has 5 rings (SSSR count). The third kappa shape index (κ3) is 3.63. The summed E-state index contributed by atoms with van der Waals surface area (Å²) >= 11 is 0. The van der Waals surface area contributed by atoms with Crippen LogP contribution >= 0.6 is 0 Å². The van der Waals surface area contributed by atoms with E-state index in [-0.39, 0.29) is 17.3 Å². The molecule has 1 unspecified atom stereocenters. The van der Waals surface area contributed by atoms with E-state index in [0.717, 1.165) is 16.6 Å². The Labute approximate surface area is 201 Å². The number of ketones is 1. The lowest BCUT2D eigenvalue weighted by molar-refractivity contribution is -0.132. The number of hydrogen-bond acceptors (Lipinski definition) is 6. The Hall–Kier alpha value is -4.46. The quantitative estimate of drug-likeness (QED) is 0.259. The van der Waals surface area contributed by atoms with Gasteiger partial charge in [-0.1, -0.05) is 6.07 Å². The van der Waals surface area contributed by atoms with Crippen molar-refractivity contribution < 1.29 is 19.4 Å². The van der Waals surface area contributed by atoms with Gasteiger partial charge in [-0.2, -0.15) is 0 Å². The van der Waals surface area contributed by atoms with Crippen molar-refractivity contribution in [1.29, 1.82) is 0 Å². The number of aromatic amines is 1. The van der Waals surface area contributed by atoms with E-state index in [1.165, 1.54) is 4.90 Å². The Kier molecular flexibility index (Phi) is 5.36. The van der Waals surface area contributed by atoms with Crippen LogP contribution in [-0.2, 0) is 9.59 Å². The molecule has 2 aromatic carbocycles. The molecule has 3 heterocycles. The first-order chi connectivity index (χ1) is 16.8. The Bertz CT molecular complexity index is 1520. The van der Waals surface area contributed by atoms with Crippen molar-refractivity contribution >= 4 is 34.4 Å². The number of aliphatic hydroxyl groups excluding tert-OH is 1. The Morgan fingerprint density at radius 2 is 1.77 bits per heavy atom. The largest absolute Gasteiger partial charge is 0.507 e. The standard InChI is InChI=1S/C27H24N4O4/c1-14-5-6-19-20(11-14)30-27(29-19)31-23(17-7-9-28-10-8-17)22(25(33)26(31)34)24(32)18-12-16(3)21(35-4)13-15(18)2/h5-13,23,32H,1-4H3,(H,29,30)/b24-22+. The molecule has 1 aliphatic heterocycles. The highest BCUT2D eigenvalue weighted by Crippen LogP contribution is 2.42. The minimum Gasteiger partial charge on any atom is -0.507 e. The fourth-order valence-corrected chi connectivity index (χ4v) is 4.55. The van der Waals surface area contributed by atoms with E-state index in [4.69, 9.17) is 4.74 Å². The van der Waals surface area contributed by atoms with Gasteiger partial charge in [0, 0.05) is 18.0 Å². The van der Waals surface area contributed by atoms with Crippen LogP contribution in [0, 0.1) is 20.8 Å². The monoisotopic (exact) mass is 468 g/mol. The van der Waals surface area contributed by atoms with E-state index in [1.54, 1.807) is 43.8 Å². The molecule has 0 saturated carbocycles. The number of fused-ring (bicyclic) bond motifs is 1. The summed E-state index contributed by atoms with van der Waals surface area (Å²) in [5.41, 5.74) is 5.03. The van der Waals surface area contributed by atoms with E-state index >= 15 is 0 Å². The highest BCUT2D eigenvalue weighted by Gasteiger charge is 2.48. The Morgan fingerprint density at radius 3 is 2.49 bits per heavy atom. The molecule has 1 aliphatic rings. The number of rotatable bonds is 4. The minimum absolute atomic E-state index is 0.00879. The van der Waals surface area contributed by atoms with Gasteiger partial charge in [0.25, 0.3) is 5.78 Å². The molecule has 176 valence electrons. The summed E-state index contributed by atoms with van der Waals surface area (Å²) in [4.78, 5) is 39.9. The fourth-order valence-electron chi connectivity index (χ4n) is 4.55. The summed E-state index contributed by atoms with van der Waals surface area (Å²) < 4.78 is 5.38. The van der Waals surface area contributed by atoms with E-state index in [2.05, 4.69) is 15.0 Å². The van der Waals surface area contributed by atoms with Crippen molar-refractivity contribution in [2.75, 3.05) is 12.0 Å². The number of aryl methyl sites for hydroxylation is 3. The second kappa shape index (κ2) is 8.39. The van der Waals surface area contributed by atoms with Crippen molar-refractivity contribution in [3.63, 3.8) is 0 Å². The number of hydrogen-bond donors (Lipinski definition) is 2. The van der Waals surface area contributed by atoms with E-state index in [0.29, 0.717) is 28.0 Å².